The smallest absolute Gasteiger partial charge is 0.319 e. The Bertz CT molecular complexity index is 1240. The van der Waals surface area contributed by atoms with Gasteiger partial charge in [0.25, 0.3) is 0 Å². The summed E-state index contributed by atoms with van der Waals surface area (Å²) in [4.78, 5) is 12.3. The molecule has 0 atom stereocenters. The van der Waals surface area contributed by atoms with Gasteiger partial charge in [0, 0.05) is 24.3 Å². The molecule has 11 nitrogen and oxygen atoms in total. The summed E-state index contributed by atoms with van der Waals surface area (Å²) in [6.07, 6.45) is 0. The number of ether oxygens (including phenoxy) is 2. The predicted molar refractivity (Wildman–Crippen MR) is 117 cm³/mol. The van der Waals surface area contributed by atoms with E-state index in [4.69, 9.17) is 9.47 Å². The van der Waals surface area contributed by atoms with Crippen LogP contribution < -0.4 is 24.8 Å². The average Bonchev–Trinajstić information content (AvgIpc) is 3.15. The van der Waals surface area contributed by atoms with Crippen LogP contribution in [-0.4, -0.2) is 55.2 Å². The molecule has 2 aromatic carbocycles. The molecular weight excluding hydrogens is 436 g/mol. The fourth-order valence-electron chi connectivity index (χ4n) is 3.23. The third kappa shape index (κ3) is 4.92. The Morgan fingerprint density at radius 2 is 1.91 bits per heavy atom. The van der Waals surface area contributed by atoms with Crippen molar-refractivity contribution in [2.75, 3.05) is 25.1 Å². The van der Waals surface area contributed by atoms with Crippen LogP contribution in [0.1, 0.15) is 13.8 Å². The minimum absolute atomic E-state index is 0.127. The van der Waals surface area contributed by atoms with E-state index >= 15 is 0 Å². The largest absolute Gasteiger partial charge is 0.486 e. The molecule has 1 aliphatic rings. The first kappa shape index (κ1) is 21.8. The summed E-state index contributed by atoms with van der Waals surface area (Å²) in [5.74, 6) is 1.24. The third-order valence-electron chi connectivity index (χ3n) is 4.60. The van der Waals surface area contributed by atoms with Crippen molar-refractivity contribution >= 4 is 32.8 Å². The second-order valence-corrected chi connectivity index (χ2v) is 9.19. The highest BCUT2D eigenvalue weighted by molar-refractivity contribution is 7.89. The van der Waals surface area contributed by atoms with Gasteiger partial charge in [0.05, 0.1) is 17.0 Å². The maximum atomic E-state index is 12.3. The Kier molecular flexibility index (Phi) is 6.15. The Balaban J connectivity index is 1.35. The number of anilines is 1. The lowest BCUT2D eigenvalue weighted by atomic mass is 10.2. The van der Waals surface area contributed by atoms with Crippen LogP contribution in [0, 0.1) is 0 Å². The zero-order valence-electron chi connectivity index (χ0n) is 17.7. The maximum Gasteiger partial charge on any atom is 0.319 e. The number of carbonyl (C=O) groups excluding carboxylic acids is 1. The zero-order valence-corrected chi connectivity index (χ0v) is 18.5. The second kappa shape index (κ2) is 9.01. The van der Waals surface area contributed by atoms with Crippen LogP contribution in [0.4, 0.5) is 10.5 Å². The predicted octanol–water partition coefficient (Wildman–Crippen LogP) is 1.71. The Morgan fingerprint density at radius 1 is 1.12 bits per heavy atom. The molecule has 0 saturated carbocycles. The monoisotopic (exact) mass is 460 g/mol. The number of rotatable bonds is 7. The summed E-state index contributed by atoms with van der Waals surface area (Å²) < 4.78 is 39.8. The van der Waals surface area contributed by atoms with Crippen LogP contribution in [0.15, 0.2) is 41.3 Å². The van der Waals surface area contributed by atoms with E-state index in [-0.39, 0.29) is 17.0 Å². The Labute approximate surface area is 185 Å². The number of sulfonamides is 1. The van der Waals surface area contributed by atoms with Gasteiger partial charge in [-0.2, -0.15) is 0 Å². The van der Waals surface area contributed by atoms with Gasteiger partial charge in [-0.15, -0.1) is 5.10 Å². The fraction of sp³-hybridized carbons (Fsp3) is 0.350. The summed E-state index contributed by atoms with van der Waals surface area (Å²) >= 11 is 0. The van der Waals surface area contributed by atoms with E-state index in [1.807, 2.05) is 0 Å². The molecule has 0 saturated heterocycles. The van der Waals surface area contributed by atoms with E-state index in [0.29, 0.717) is 54.5 Å². The SMILES string of the molecule is CC(C)NS(=O)(=O)c1ccc2c(c1)nnn2CCNC(=O)Nc1ccc2c(c1)OCCO2. The lowest BCUT2D eigenvalue weighted by Gasteiger charge is -2.19. The number of benzene rings is 2. The molecule has 1 aromatic heterocycles. The standard InChI is InChI=1S/C20H24N6O5S/c1-13(2)24-32(28,29)15-4-5-17-16(12-15)23-25-26(17)8-7-21-20(27)22-14-3-6-18-19(11-14)31-10-9-30-18/h3-6,11-13,24H,7-10H2,1-2H3,(H2,21,22,27). The summed E-state index contributed by atoms with van der Waals surface area (Å²) in [6, 6.07) is 9.23. The van der Waals surface area contributed by atoms with E-state index in [2.05, 4.69) is 25.7 Å². The van der Waals surface area contributed by atoms with E-state index < -0.39 is 10.0 Å². The first-order valence-electron chi connectivity index (χ1n) is 10.1. The number of nitrogens with zero attached hydrogens (tertiary/aromatic N) is 3. The van der Waals surface area contributed by atoms with Gasteiger partial charge < -0.3 is 20.1 Å². The van der Waals surface area contributed by atoms with Crippen LogP contribution in [0.25, 0.3) is 11.0 Å². The highest BCUT2D eigenvalue weighted by atomic mass is 32.2. The molecule has 0 bridgehead atoms. The first-order chi connectivity index (χ1) is 15.3. The van der Waals surface area contributed by atoms with Crippen LogP contribution in [0.3, 0.4) is 0 Å². The molecule has 170 valence electrons. The van der Waals surface area contributed by atoms with Crippen LogP contribution in [0.5, 0.6) is 11.5 Å². The van der Waals surface area contributed by atoms with Gasteiger partial charge in [-0.1, -0.05) is 5.21 Å². The quantitative estimate of drug-likeness (QED) is 0.488. The number of carbonyl (C=O) groups is 1. The summed E-state index contributed by atoms with van der Waals surface area (Å²) in [7, 11) is -3.61. The van der Waals surface area contributed by atoms with E-state index in [9.17, 15) is 13.2 Å². The molecule has 0 radical (unpaired) electrons. The molecule has 0 aliphatic carbocycles. The van der Waals surface area contributed by atoms with Gasteiger partial charge in [-0.25, -0.2) is 22.6 Å². The van der Waals surface area contributed by atoms with Gasteiger partial charge >= 0.3 is 6.03 Å². The van der Waals surface area contributed by atoms with E-state index in [0.717, 1.165) is 0 Å². The molecule has 2 heterocycles. The highest BCUT2D eigenvalue weighted by Gasteiger charge is 2.17. The molecule has 3 aromatic rings. The lowest BCUT2D eigenvalue weighted by molar-refractivity contribution is 0.171. The number of aromatic nitrogens is 3. The molecular formula is C20H24N6O5S. The van der Waals surface area contributed by atoms with Crippen LogP contribution in [-0.2, 0) is 16.6 Å². The minimum Gasteiger partial charge on any atom is -0.486 e. The Morgan fingerprint density at radius 3 is 2.69 bits per heavy atom. The average molecular weight is 461 g/mol. The molecule has 4 rings (SSSR count). The molecule has 12 heteroatoms. The molecule has 0 fully saturated rings. The van der Waals surface area contributed by atoms with Crippen LogP contribution >= 0.6 is 0 Å². The number of nitrogens with one attached hydrogen (secondary N) is 3. The summed E-state index contributed by atoms with van der Waals surface area (Å²) in [5.41, 5.74) is 1.71. The van der Waals surface area contributed by atoms with E-state index in [1.54, 1.807) is 42.8 Å². The van der Waals surface area contributed by atoms with Crippen molar-refractivity contribution in [2.45, 2.75) is 31.3 Å². The number of amides is 2. The number of hydrogen-bond donors (Lipinski definition) is 3. The van der Waals surface area contributed by atoms with Gasteiger partial charge in [0.2, 0.25) is 10.0 Å². The summed E-state index contributed by atoms with van der Waals surface area (Å²) in [6.45, 7) is 5.14. The maximum absolute atomic E-state index is 12.3. The first-order valence-corrected chi connectivity index (χ1v) is 11.6. The normalized spacial score (nSPS) is 13.3. The van der Waals surface area contributed by atoms with Gasteiger partial charge in [0.1, 0.15) is 18.7 Å². The van der Waals surface area contributed by atoms with E-state index in [1.165, 1.54) is 12.1 Å². The van der Waals surface area contributed by atoms with Gasteiger partial charge in [-0.3, -0.25) is 0 Å². The van der Waals surface area contributed by atoms with Crippen LogP contribution in [0.2, 0.25) is 0 Å². The molecule has 2 amide bonds. The van der Waals surface area contributed by atoms with Crippen molar-refractivity contribution in [3.05, 3.63) is 36.4 Å². The molecule has 32 heavy (non-hydrogen) atoms. The minimum atomic E-state index is -3.61. The second-order valence-electron chi connectivity index (χ2n) is 7.48. The lowest BCUT2D eigenvalue weighted by Crippen LogP contribution is -2.31. The molecule has 0 unspecified atom stereocenters. The number of urea groups is 1. The van der Waals surface area contributed by atoms with Crippen molar-refractivity contribution in [3.8, 4) is 11.5 Å². The van der Waals surface area contributed by atoms with Gasteiger partial charge in [-0.05, 0) is 44.2 Å². The Hall–Kier alpha value is -3.38. The number of fused-ring (bicyclic) bond motifs is 2. The number of hydrogen-bond acceptors (Lipinski definition) is 7. The van der Waals surface area contributed by atoms with Crippen molar-refractivity contribution in [1.29, 1.82) is 0 Å². The fourth-order valence-corrected chi connectivity index (χ4v) is 4.51. The van der Waals surface area contributed by atoms with Crippen molar-refractivity contribution in [2.24, 2.45) is 0 Å². The highest BCUT2D eigenvalue weighted by Crippen LogP contribution is 2.32. The zero-order chi connectivity index (χ0) is 22.7. The van der Waals surface area contributed by atoms with Crippen molar-refractivity contribution in [3.63, 3.8) is 0 Å². The third-order valence-corrected chi connectivity index (χ3v) is 6.25. The molecule has 0 spiro atoms. The molecule has 1 aliphatic heterocycles. The summed E-state index contributed by atoms with van der Waals surface area (Å²) in [5, 5.41) is 13.6. The van der Waals surface area contributed by atoms with Crippen molar-refractivity contribution < 1.29 is 22.7 Å². The van der Waals surface area contributed by atoms with Gasteiger partial charge in [0.15, 0.2) is 11.5 Å². The van der Waals surface area contributed by atoms with Crippen molar-refractivity contribution in [1.82, 2.24) is 25.0 Å². The topological polar surface area (TPSA) is 136 Å². The molecule has 3 N–H and O–H groups in total.